The average molecular weight is 315 g/mol. The van der Waals surface area contributed by atoms with E-state index in [1.807, 2.05) is 18.2 Å². The fourth-order valence-electron chi connectivity index (χ4n) is 2.16. The van der Waals surface area contributed by atoms with Crippen molar-refractivity contribution >= 4 is 11.6 Å². The number of aromatic amines is 1. The van der Waals surface area contributed by atoms with Crippen LogP contribution in [0.5, 0.6) is 0 Å². The van der Waals surface area contributed by atoms with Gasteiger partial charge in [0.25, 0.3) is 0 Å². The number of halogens is 1. The zero-order chi connectivity index (χ0) is 15.7. The van der Waals surface area contributed by atoms with Crippen LogP contribution in [0.25, 0.3) is 22.9 Å². The third-order valence-corrected chi connectivity index (χ3v) is 3.58. The molecule has 3 rings (SSSR count). The molecule has 0 radical (unpaired) electrons. The highest BCUT2D eigenvalue weighted by atomic mass is 35.5. The van der Waals surface area contributed by atoms with Gasteiger partial charge >= 0.3 is 0 Å². The van der Waals surface area contributed by atoms with Gasteiger partial charge in [0.1, 0.15) is 5.69 Å². The summed E-state index contributed by atoms with van der Waals surface area (Å²) >= 11 is 6.41. The normalized spacial score (nSPS) is 11.6. The molecule has 0 amide bonds. The summed E-state index contributed by atoms with van der Waals surface area (Å²) < 4.78 is 0. The molecule has 2 heterocycles. The quantitative estimate of drug-likeness (QED) is 0.785. The first-order valence-corrected chi connectivity index (χ1v) is 7.20. The predicted octanol–water partition coefficient (Wildman–Crippen LogP) is 3.27. The number of aromatic nitrogens is 6. The van der Waals surface area contributed by atoms with E-state index in [0.29, 0.717) is 22.4 Å². The second kappa shape index (κ2) is 5.46. The van der Waals surface area contributed by atoms with Crippen molar-refractivity contribution in [2.24, 2.45) is 0 Å². The molecule has 0 aliphatic heterocycles. The zero-order valence-corrected chi connectivity index (χ0v) is 13.3. The first-order chi connectivity index (χ1) is 10.4. The molecule has 0 fully saturated rings. The number of tetrazole rings is 1. The zero-order valence-electron chi connectivity index (χ0n) is 12.5. The van der Waals surface area contributed by atoms with E-state index in [-0.39, 0.29) is 5.41 Å². The van der Waals surface area contributed by atoms with Gasteiger partial charge in [0.2, 0.25) is 5.82 Å². The Morgan fingerprint density at radius 1 is 1.09 bits per heavy atom. The van der Waals surface area contributed by atoms with Crippen molar-refractivity contribution in [3.63, 3.8) is 0 Å². The second-order valence-corrected chi connectivity index (χ2v) is 6.35. The lowest BCUT2D eigenvalue weighted by Crippen LogP contribution is -2.11. The lowest BCUT2D eigenvalue weighted by atomic mass is 9.86. The van der Waals surface area contributed by atoms with E-state index >= 15 is 0 Å². The lowest BCUT2D eigenvalue weighted by molar-refractivity contribution is 0.590. The average Bonchev–Trinajstić information content (AvgIpc) is 3.00. The van der Waals surface area contributed by atoms with Crippen molar-refractivity contribution in [2.45, 2.75) is 26.2 Å². The van der Waals surface area contributed by atoms with Gasteiger partial charge in [0, 0.05) is 16.8 Å². The molecule has 1 N–H and O–H groups in total. The first-order valence-electron chi connectivity index (χ1n) is 6.82. The molecule has 0 unspecified atom stereocenters. The smallest absolute Gasteiger partial charge is 0.223 e. The van der Waals surface area contributed by atoms with Crippen molar-refractivity contribution < 1.29 is 0 Å². The van der Waals surface area contributed by atoms with Gasteiger partial charge in [-0.2, -0.15) is 5.21 Å². The van der Waals surface area contributed by atoms with Crippen LogP contribution in [0.3, 0.4) is 0 Å². The van der Waals surface area contributed by atoms with Crippen LogP contribution in [0, 0.1) is 0 Å². The predicted molar refractivity (Wildman–Crippen MR) is 84.3 cm³/mol. The van der Waals surface area contributed by atoms with Crippen LogP contribution >= 0.6 is 11.6 Å². The number of nitrogens with zero attached hydrogens (tertiary/aromatic N) is 5. The van der Waals surface area contributed by atoms with Gasteiger partial charge in [-0.05, 0) is 28.3 Å². The molecule has 6 nitrogen and oxygen atoms in total. The van der Waals surface area contributed by atoms with Crippen LogP contribution < -0.4 is 0 Å². The molecule has 0 saturated carbocycles. The molecule has 7 heteroatoms. The lowest BCUT2D eigenvalue weighted by Gasteiger charge is -2.20. The Balaban J connectivity index is 2.02. The summed E-state index contributed by atoms with van der Waals surface area (Å²) in [6.07, 6.45) is 1.67. The van der Waals surface area contributed by atoms with Crippen molar-refractivity contribution in [3.8, 4) is 22.9 Å². The fraction of sp³-hybridized carbons (Fsp3) is 0.267. The number of hydrogen-bond acceptors (Lipinski definition) is 5. The molecular formula is C15H15ClN6. The summed E-state index contributed by atoms with van der Waals surface area (Å²) in [5, 5.41) is 14.5. The van der Waals surface area contributed by atoms with Crippen molar-refractivity contribution in [1.82, 2.24) is 30.6 Å². The van der Waals surface area contributed by atoms with Crippen LogP contribution in [-0.4, -0.2) is 30.6 Å². The monoisotopic (exact) mass is 314 g/mol. The summed E-state index contributed by atoms with van der Waals surface area (Å²) in [6.45, 7) is 6.38. The Hall–Kier alpha value is -2.34. The molecule has 0 spiro atoms. The van der Waals surface area contributed by atoms with Crippen molar-refractivity contribution in [2.75, 3.05) is 0 Å². The van der Waals surface area contributed by atoms with E-state index in [1.54, 1.807) is 12.3 Å². The Morgan fingerprint density at radius 3 is 2.55 bits per heavy atom. The number of benzene rings is 1. The molecule has 22 heavy (non-hydrogen) atoms. The Morgan fingerprint density at radius 2 is 1.91 bits per heavy atom. The standard InChI is InChI=1S/C15H15ClN6/c1-15(2,3)10-5-4-9(8-11(10)16)13-17-7-6-12(18-13)14-19-21-22-20-14/h4-8H,1-3H3,(H,19,20,21,22). The van der Waals surface area contributed by atoms with E-state index < -0.39 is 0 Å². The van der Waals surface area contributed by atoms with Gasteiger partial charge in [0.05, 0.1) is 0 Å². The highest BCUT2D eigenvalue weighted by molar-refractivity contribution is 6.31. The minimum absolute atomic E-state index is 0.0110. The number of hydrogen-bond donors (Lipinski definition) is 1. The van der Waals surface area contributed by atoms with E-state index in [0.717, 1.165) is 11.1 Å². The molecule has 0 saturated heterocycles. The molecule has 1 aromatic carbocycles. The van der Waals surface area contributed by atoms with Gasteiger partial charge in [0.15, 0.2) is 5.82 Å². The van der Waals surface area contributed by atoms with Crippen molar-refractivity contribution in [3.05, 3.63) is 41.0 Å². The SMILES string of the molecule is CC(C)(C)c1ccc(-c2nccc(-c3nn[nH]n3)n2)cc1Cl. The van der Waals surface area contributed by atoms with E-state index in [4.69, 9.17) is 11.6 Å². The van der Waals surface area contributed by atoms with Gasteiger partial charge < -0.3 is 0 Å². The van der Waals surface area contributed by atoms with Crippen LogP contribution in [0.4, 0.5) is 0 Å². The second-order valence-electron chi connectivity index (χ2n) is 5.95. The molecule has 0 bridgehead atoms. The number of rotatable bonds is 2. The maximum absolute atomic E-state index is 6.41. The molecular weight excluding hydrogens is 300 g/mol. The number of nitrogens with one attached hydrogen (secondary N) is 1. The highest BCUT2D eigenvalue weighted by Crippen LogP contribution is 2.32. The molecule has 3 aromatic rings. The van der Waals surface area contributed by atoms with Crippen LogP contribution in [0.1, 0.15) is 26.3 Å². The van der Waals surface area contributed by atoms with Gasteiger partial charge in [-0.1, -0.05) is 44.5 Å². The van der Waals surface area contributed by atoms with E-state index in [9.17, 15) is 0 Å². The Kier molecular flexibility index (Phi) is 3.62. The summed E-state index contributed by atoms with van der Waals surface area (Å²) in [7, 11) is 0. The Labute approximate surface area is 133 Å². The van der Waals surface area contributed by atoms with Crippen molar-refractivity contribution in [1.29, 1.82) is 0 Å². The fourth-order valence-corrected chi connectivity index (χ4v) is 2.62. The van der Waals surface area contributed by atoms with Crippen LogP contribution in [0.15, 0.2) is 30.5 Å². The molecule has 112 valence electrons. The van der Waals surface area contributed by atoms with Crippen LogP contribution in [-0.2, 0) is 5.41 Å². The van der Waals surface area contributed by atoms with E-state index in [1.165, 1.54) is 0 Å². The van der Waals surface area contributed by atoms with Gasteiger partial charge in [-0.15, -0.1) is 10.2 Å². The topological polar surface area (TPSA) is 80.2 Å². The van der Waals surface area contributed by atoms with Gasteiger partial charge in [-0.3, -0.25) is 0 Å². The van der Waals surface area contributed by atoms with Crippen LogP contribution in [0.2, 0.25) is 5.02 Å². The summed E-state index contributed by atoms with van der Waals surface area (Å²) in [6, 6.07) is 7.61. The summed E-state index contributed by atoms with van der Waals surface area (Å²) in [5.74, 6) is 1.01. The minimum atomic E-state index is -0.0110. The maximum Gasteiger partial charge on any atom is 0.223 e. The van der Waals surface area contributed by atoms with Gasteiger partial charge in [-0.25, -0.2) is 9.97 Å². The first kappa shape index (κ1) is 14.6. The third-order valence-electron chi connectivity index (χ3n) is 3.27. The largest absolute Gasteiger partial charge is 0.237 e. The molecule has 0 atom stereocenters. The summed E-state index contributed by atoms with van der Waals surface area (Å²) in [4.78, 5) is 8.76. The van der Waals surface area contributed by atoms with E-state index in [2.05, 4.69) is 51.4 Å². The third kappa shape index (κ3) is 2.82. The molecule has 0 aliphatic rings. The molecule has 0 aliphatic carbocycles. The minimum Gasteiger partial charge on any atom is -0.237 e. The summed E-state index contributed by atoms with van der Waals surface area (Å²) in [5.41, 5.74) is 2.54. The maximum atomic E-state index is 6.41. The molecule has 2 aromatic heterocycles. The highest BCUT2D eigenvalue weighted by Gasteiger charge is 2.18. The Bertz CT molecular complexity index is 792. The number of H-pyrrole nitrogens is 1.